The quantitative estimate of drug-likeness (QED) is 0.636. The highest BCUT2D eigenvalue weighted by Crippen LogP contribution is 2.27. The average molecular weight is 305 g/mol. The summed E-state index contributed by atoms with van der Waals surface area (Å²) in [7, 11) is 2.08. The van der Waals surface area contributed by atoms with Gasteiger partial charge in [-0.2, -0.15) is 5.26 Å². The maximum Gasteiger partial charge on any atom is 0.263 e. The van der Waals surface area contributed by atoms with Crippen LogP contribution in [0, 0.1) is 11.3 Å². The Morgan fingerprint density at radius 2 is 2.43 bits per heavy atom. The summed E-state index contributed by atoms with van der Waals surface area (Å²) in [6, 6.07) is 1.90. The molecule has 2 heterocycles. The van der Waals surface area contributed by atoms with E-state index >= 15 is 0 Å². The van der Waals surface area contributed by atoms with Crippen molar-refractivity contribution >= 4 is 22.4 Å². The van der Waals surface area contributed by atoms with Crippen molar-refractivity contribution in [2.75, 3.05) is 25.5 Å². The van der Waals surface area contributed by atoms with Crippen LogP contribution >= 0.6 is 11.3 Å². The van der Waals surface area contributed by atoms with Gasteiger partial charge in [0.1, 0.15) is 11.6 Å². The van der Waals surface area contributed by atoms with Crippen molar-refractivity contribution in [3.05, 3.63) is 22.3 Å². The normalized spacial score (nSPS) is 15.2. The van der Waals surface area contributed by atoms with E-state index in [0.29, 0.717) is 6.54 Å². The molecule has 0 radical (unpaired) electrons. The number of rotatable bonds is 5. The molecule has 0 aliphatic carbocycles. The van der Waals surface area contributed by atoms with Crippen molar-refractivity contribution in [1.29, 1.82) is 5.26 Å². The van der Waals surface area contributed by atoms with Crippen LogP contribution in [-0.2, 0) is 17.8 Å². The molecule has 0 unspecified atom stereocenters. The molecule has 0 fully saturated rings. The number of carbonyl (C=O) groups excluding carboxylic acids is 1. The summed E-state index contributed by atoms with van der Waals surface area (Å²) in [5.41, 5.74) is 1.18. The van der Waals surface area contributed by atoms with Crippen molar-refractivity contribution in [2.45, 2.75) is 26.3 Å². The molecule has 0 aromatic carbocycles. The molecule has 112 valence electrons. The second-order valence-electron chi connectivity index (χ2n) is 4.95. The summed E-state index contributed by atoms with van der Waals surface area (Å²) in [5, 5.41) is 15.4. The SMILES string of the molecule is CCCNC(=O)/C(C#N)=C\Nc1nc2c(s1)CN(C)CC2. The van der Waals surface area contributed by atoms with E-state index in [1.807, 2.05) is 13.0 Å². The number of aromatic nitrogens is 1. The first kappa shape index (κ1) is 15.5. The van der Waals surface area contributed by atoms with Crippen molar-refractivity contribution in [2.24, 2.45) is 0 Å². The molecule has 1 aliphatic rings. The van der Waals surface area contributed by atoms with Crippen molar-refractivity contribution in [3.8, 4) is 6.07 Å². The molecule has 2 N–H and O–H groups in total. The summed E-state index contributed by atoms with van der Waals surface area (Å²) in [6.07, 6.45) is 3.21. The Labute approximate surface area is 128 Å². The maximum absolute atomic E-state index is 11.7. The van der Waals surface area contributed by atoms with Crippen molar-refractivity contribution in [3.63, 3.8) is 0 Å². The van der Waals surface area contributed by atoms with Gasteiger partial charge in [0.15, 0.2) is 5.13 Å². The fraction of sp³-hybridized carbons (Fsp3) is 0.500. The van der Waals surface area contributed by atoms with Gasteiger partial charge in [0.05, 0.1) is 5.69 Å². The van der Waals surface area contributed by atoms with Gasteiger partial charge in [-0.1, -0.05) is 6.92 Å². The third-order valence-electron chi connectivity index (χ3n) is 3.16. The van der Waals surface area contributed by atoms with Gasteiger partial charge in [0.2, 0.25) is 0 Å². The summed E-state index contributed by atoms with van der Waals surface area (Å²) in [6.45, 7) is 4.44. The maximum atomic E-state index is 11.7. The molecule has 1 aromatic rings. The van der Waals surface area contributed by atoms with Gasteiger partial charge in [0.25, 0.3) is 5.91 Å². The largest absolute Gasteiger partial charge is 0.351 e. The molecular formula is C14H19N5OS. The van der Waals surface area contributed by atoms with Crippen LogP contribution in [-0.4, -0.2) is 35.9 Å². The molecule has 1 amide bonds. The van der Waals surface area contributed by atoms with Gasteiger partial charge in [-0.3, -0.25) is 4.79 Å². The van der Waals surface area contributed by atoms with E-state index in [4.69, 9.17) is 5.26 Å². The second kappa shape index (κ2) is 7.20. The summed E-state index contributed by atoms with van der Waals surface area (Å²) < 4.78 is 0. The van der Waals surface area contributed by atoms with Crippen LogP contribution in [0.15, 0.2) is 11.8 Å². The number of hydrogen-bond donors (Lipinski definition) is 2. The van der Waals surface area contributed by atoms with Crippen LogP contribution < -0.4 is 10.6 Å². The Kier molecular flexibility index (Phi) is 5.31. The van der Waals surface area contributed by atoms with E-state index < -0.39 is 0 Å². The third kappa shape index (κ3) is 4.03. The topological polar surface area (TPSA) is 81.0 Å². The van der Waals surface area contributed by atoms with Crippen molar-refractivity contribution < 1.29 is 4.79 Å². The van der Waals surface area contributed by atoms with Crippen LogP contribution in [0.1, 0.15) is 23.9 Å². The predicted molar refractivity (Wildman–Crippen MR) is 82.8 cm³/mol. The fourth-order valence-electron chi connectivity index (χ4n) is 2.00. The summed E-state index contributed by atoms with van der Waals surface area (Å²) in [5.74, 6) is -0.354. The molecular weight excluding hydrogens is 286 g/mol. The number of thiazole rings is 1. The Hall–Kier alpha value is -1.91. The molecule has 0 spiro atoms. The lowest BCUT2D eigenvalue weighted by atomic mass is 10.2. The number of nitrogens with one attached hydrogen (secondary N) is 2. The van der Waals surface area contributed by atoms with Crippen LogP contribution in [0.3, 0.4) is 0 Å². The molecule has 0 bridgehead atoms. The highest BCUT2D eigenvalue weighted by Gasteiger charge is 2.18. The number of fused-ring (bicyclic) bond motifs is 1. The molecule has 0 atom stereocenters. The number of nitriles is 1. The number of likely N-dealkylation sites (N-methyl/N-ethyl adjacent to an activating group) is 1. The van der Waals surface area contributed by atoms with Gasteiger partial charge in [0, 0.05) is 37.1 Å². The molecule has 6 nitrogen and oxygen atoms in total. The Bertz CT molecular complexity index is 587. The second-order valence-corrected chi connectivity index (χ2v) is 6.03. The minimum atomic E-state index is -0.354. The predicted octanol–water partition coefficient (Wildman–Crippen LogP) is 1.48. The molecule has 1 aromatic heterocycles. The third-order valence-corrected chi connectivity index (χ3v) is 4.18. The standard InChI is InChI=1S/C14H19N5OS/c1-3-5-16-13(20)10(7-15)8-17-14-18-11-4-6-19(2)9-12(11)21-14/h8H,3-6,9H2,1-2H3,(H,16,20)(H,17,18)/b10-8-. The van der Waals surface area contributed by atoms with Crippen LogP contribution in [0.4, 0.5) is 5.13 Å². The van der Waals surface area contributed by atoms with Gasteiger partial charge in [-0.25, -0.2) is 4.98 Å². The molecule has 7 heteroatoms. The lowest BCUT2D eigenvalue weighted by molar-refractivity contribution is -0.117. The Balaban J connectivity index is 2.02. The van der Waals surface area contributed by atoms with Gasteiger partial charge >= 0.3 is 0 Å². The van der Waals surface area contributed by atoms with Crippen LogP contribution in [0.5, 0.6) is 0 Å². The average Bonchev–Trinajstić information content (AvgIpc) is 2.87. The highest BCUT2D eigenvalue weighted by molar-refractivity contribution is 7.15. The fourth-order valence-corrected chi connectivity index (χ4v) is 3.06. The smallest absolute Gasteiger partial charge is 0.263 e. The van der Waals surface area contributed by atoms with E-state index in [2.05, 4.69) is 27.6 Å². The number of carbonyl (C=O) groups is 1. The van der Waals surface area contributed by atoms with E-state index in [-0.39, 0.29) is 11.5 Å². The zero-order chi connectivity index (χ0) is 15.2. The van der Waals surface area contributed by atoms with Crippen molar-refractivity contribution in [1.82, 2.24) is 15.2 Å². The first-order valence-corrected chi connectivity index (χ1v) is 7.77. The molecule has 2 rings (SSSR count). The monoisotopic (exact) mass is 305 g/mol. The van der Waals surface area contributed by atoms with Gasteiger partial charge in [-0.05, 0) is 13.5 Å². The number of hydrogen-bond acceptors (Lipinski definition) is 6. The lowest BCUT2D eigenvalue weighted by Gasteiger charge is -2.20. The summed E-state index contributed by atoms with van der Waals surface area (Å²) in [4.78, 5) is 19.7. The first-order chi connectivity index (χ1) is 10.1. The molecule has 0 saturated carbocycles. The zero-order valence-electron chi connectivity index (χ0n) is 12.3. The minimum Gasteiger partial charge on any atom is -0.351 e. The highest BCUT2D eigenvalue weighted by atomic mass is 32.1. The first-order valence-electron chi connectivity index (χ1n) is 6.96. The van der Waals surface area contributed by atoms with Gasteiger partial charge < -0.3 is 15.5 Å². The van der Waals surface area contributed by atoms with E-state index in [9.17, 15) is 4.79 Å². The van der Waals surface area contributed by atoms with Crippen LogP contribution in [0.25, 0.3) is 0 Å². The zero-order valence-corrected chi connectivity index (χ0v) is 13.1. The lowest BCUT2D eigenvalue weighted by Crippen LogP contribution is -2.25. The number of amides is 1. The van der Waals surface area contributed by atoms with E-state index in [1.165, 1.54) is 11.1 Å². The Morgan fingerprint density at radius 1 is 1.62 bits per heavy atom. The number of anilines is 1. The van der Waals surface area contributed by atoms with Crippen LogP contribution in [0.2, 0.25) is 0 Å². The number of nitrogens with zero attached hydrogens (tertiary/aromatic N) is 3. The van der Waals surface area contributed by atoms with E-state index in [1.54, 1.807) is 11.3 Å². The summed E-state index contributed by atoms with van der Waals surface area (Å²) >= 11 is 1.57. The molecule has 21 heavy (non-hydrogen) atoms. The van der Waals surface area contributed by atoms with Gasteiger partial charge in [-0.15, -0.1) is 11.3 Å². The molecule has 1 aliphatic heterocycles. The minimum absolute atomic E-state index is 0.0636. The molecule has 0 saturated heterocycles. The Morgan fingerprint density at radius 3 is 3.14 bits per heavy atom. The van der Waals surface area contributed by atoms with E-state index in [0.717, 1.165) is 36.8 Å².